The molecule has 16 heavy (non-hydrogen) atoms. The lowest BCUT2D eigenvalue weighted by Crippen LogP contribution is -2.25. The van der Waals surface area contributed by atoms with Crippen LogP contribution in [-0.2, 0) is 0 Å². The molecule has 1 saturated heterocycles. The monoisotopic (exact) mass is 227 g/mol. The predicted octanol–water partition coefficient (Wildman–Crippen LogP) is -0.348. The van der Waals surface area contributed by atoms with E-state index < -0.39 is 24.2 Å². The van der Waals surface area contributed by atoms with Crippen molar-refractivity contribution >= 4 is 5.97 Å². The summed E-state index contributed by atoms with van der Waals surface area (Å²) in [6.45, 7) is 1.80. The van der Waals surface area contributed by atoms with Crippen molar-refractivity contribution in [2.24, 2.45) is 0 Å². The van der Waals surface area contributed by atoms with E-state index in [-0.39, 0.29) is 17.9 Å². The summed E-state index contributed by atoms with van der Waals surface area (Å²) < 4.78 is 5.26. The Morgan fingerprint density at radius 3 is 2.69 bits per heavy atom. The predicted molar refractivity (Wildman–Crippen MR) is 53.2 cm³/mol. The SMILES string of the molecule is Cc1oc([C@@H]2NC[C@@H](O)[C@H]2O)cc1C(=O)O. The maximum absolute atomic E-state index is 10.8. The number of furan rings is 1. The molecular weight excluding hydrogens is 214 g/mol. The van der Waals surface area contributed by atoms with Gasteiger partial charge in [-0.05, 0) is 13.0 Å². The first-order valence-corrected chi connectivity index (χ1v) is 4.94. The highest BCUT2D eigenvalue weighted by molar-refractivity contribution is 5.88. The quantitative estimate of drug-likeness (QED) is 0.551. The van der Waals surface area contributed by atoms with E-state index in [0.29, 0.717) is 5.76 Å². The third kappa shape index (κ3) is 1.71. The van der Waals surface area contributed by atoms with Gasteiger partial charge < -0.3 is 25.1 Å². The van der Waals surface area contributed by atoms with Crippen LogP contribution in [0.3, 0.4) is 0 Å². The van der Waals surface area contributed by atoms with Gasteiger partial charge in [0.05, 0.1) is 12.1 Å². The Balaban J connectivity index is 2.28. The number of aliphatic hydroxyl groups is 2. The lowest BCUT2D eigenvalue weighted by atomic mass is 10.1. The first-order valence-electron chi connectivity index (χ1n) is 4.94. The second kappa shape index (κ2) is 3.89. The first kappa shape index (κ1) is 11.1. The van der Waals surface area contributed by atoms with E-state index in [1.165, 1.54) is 6.07 Å². The van der Waals surface area contributed by atoms with Crippen LogP contribution < -0.4 is 5.32 Å². The third-order valence-electron chi connectivity index (χ3n) is 2.76. The fourth-order valence-electron chi connectivity index (χ4n) is 1.85. The van der Waals surface area contributed by atoms with E-state index in [9.17, 15) is 15.0 Å². The van der Waals surface area contributed by atoms with Crippen LogP contribution in [0.4, 0.5) is 0 Å². The number of aromatic carboxylic acids is 1. The van der Waals surface area contributed by atoms with Gasteiger partial charge in [0.2, 0.25) is 0 Å². The zero-order chi connectivity index (χ0) is 11.9. The minimum Gasteiger partial charge on any atom is -0.478 e. The number of carboxylic acids is 1. The summed E-state index contributed by atoms with van der Waals surface area (Å²) in [6, 6.07) is 0.818. The molecule has 1 aliphatic rings. The second-order valence-electron chi connectivity index (χ2n) is 3.87. The van der Waals surface area contributed by atoms with E-state index in [1.807, 2.05) is 0 Å². The molecule has 3 atom stereocenters. The molecule has 0 amide bonds. The summed E-state index contributed by atoms with van der Waals surface area (Å²) >= 11 is 0. The van der Waals surface area contributed by atoms with E-state index >= 15 is 0 Å². The Morgan fingerprint density at radius 2 is 2.25 bits per heavy atom. The molecule has 6 nitrogen and oxygen atoms in total. The van der Waals surface area contributed by atoms with Crippen molar-refractivity contribution in [1.82, 2.24) is 5.32 Å². The van der Waals surface area contributed by atoms with Crippen LogP contribution in [0.2, 0.25) is 0 Å². The van der Waals surface area contributed by atoms with Crippen molar-refractivity contribution in [3.05, 3.63) is 23.2 Å². The second-order valence-corrected chi connectivity index (χ2v) is 3.87. The number of hydrogen-bond acceptors (Lipinski definition) is 5. The summed E-state index contributed by atoms with van der Waals surface area (Å²) in [5.74, 6) is -0.447. The number of β-amino-alcohol motifs (C(OH)–C–C–N with tert-alkyl or cyclic N) is 1. The van der Waals surface area contributed by atoms with Gasteiger partial charge in [0.1, 0.15) is 23.2 Å². The van der Waals surface area contributed by atoms with Gasteiger partial charge in [-0.3, -0.25) is 0 Å². The van der Waals surface area contributed by atoms with Crippen molar-refractivity contribution in [3.8, 4) is 0 Å². The molecule has 2 heterocycles. The first-order chi connectivity index (χ1) is 7.50. The van der Waals surface area contributed by atoms with Crippen molar-refractivity contribution < 1.29 is 24.5 Å². The Morgan fingerprint density at radius 1 is 1.56 bits per heavy atom. The molecule has 0 aliphatic carbocycles. The summed E-state index contributed by atoms with van der Waals surface area (Å²) in [5.41, 5.74) is 0.0744. The third-order valence-corrected chi connectivity index (χ3v) is 2.76. The van der Waals surface area contributed by atoms with Gasteiger partial charge in [0.25, 0.3) is 0 Å². The molecule has 2 rings (SSSR count). The minimum atomic E-state index is -1.07. The molecule has 1 aromatic heterocycles. The molecule has 0 aromatic carbocycles. The van der Waals surface area contributed by atoms with Crippen molar-refractivity contribution in [2.75, 3.05) is 6.54 Å². The fourth-order valence-corrected chi connectivity index (χ4v) is 1.85. The lowest BCUT2D eigenvalue weighted by molar-refractivity contribution is 0.0368. The van der Waals surface area contributed by atoms with Crippen LogP contribution in [0.1, 0.15) is 27.9 Å². The Hall–Kier alpha value is -1.37. The number of aryl methyl sites for hydroxylation is 1. The fraction of sp³-hybridized carbons (Fsp3) is 0.500. The topological polar surface area (TPSA) is 103 Å². The van der Waals surface area contributed by atoms with Gasteiger partial charge in [-0.25, -0.2) is 4.79 Å². The maximum atomic E-state index is 10.8. The lowest BCUT2D eigenvalue weighted by Gasteiger charge is -2.12. The average Bonchev–Trinajstić information content (AvgIpc) is 2.73. The van der Waals surface area contributed by atoms with E-state index in [4.69, 9.17) is 9.52 Å². The van der Waals surface area contributed by atoms with Gasteiger partial charge in [-0.15, -0.1) is 0 Å². The van der Waals surface area contributed by atoms with E-state index in [2.05, 4.69) is 5.32 Å². The smallest absolute Gasteiger partial charge is 0.339 e. The van der Waals surface area contributed by atoms with Gasteiger partial charge in [0.15, 0.2) is 0 Å². The number of aliphatic hydroxyl groups excluding tert-OH is 2. The number of carboxylic acid groups (broad SMARTS) is 1. The molecule has 6 heteroatoms. The van der Waals surface area contributed by atoms with Gasteiger partial charge in [-0.2, -0.15) is 0 Å². The van der Waals surface area contributed by atoms with Crippen molar-refractivity contribution in [3.63, 3.8) is 0 Å². The highest BCUT2D eigenvalue weighted by atomic mass is 16.4. The molecule has 88 valence electrons. The number of nitrogens with one attached hydrogen (secondary N) is 1. The van der Waals surface area contributed by atoms with Crippen LogP contribution in [0.25, 0.3) is 0 Å². The molecule has 0 spiro atoms. The Bertz CT molecular complexity index is 413. The summed E-state index contributed by atoms with van der Waals surface area (Å²) in [4.78, 5) is 10.8. The van der Waals surface area contributed by atoms with Gasteiger partial charge in [-0.1, -0.05) is 0 Å². The van der Waals surface area contributed by atoms with Crippen LogP contribution in [0.5, 0.6) is 0 Å². The summed E-state index contributed by atoms with van der Waals surface area (Å²) in [7, 11) is 0. The van der Waals surface area contributed by atoms with Gasteiger partial charge >= 0.3 is 5.97 Å². The minimum absolute atomic E-state index is 0.0744. The molecule has 0 unspecified atom stereocenters. The van der Waals surface area contributed by atoms with Crippen LogP contribution >= 0.6 is 0 Å². The average molecular weight is 227 g/mol. The largest absolute Gasteiger partial charge is 0.478 e. The molecule has 1 aliphatic heterocycles. The van der Waals surface area contributed by atoms with E-state index in [0.717, 1.165) is 0 Å². The van der Waals surface area contributed by atoms with Gasteiger partial charge in [0, 0.05) is 6.54 Å². The molecule has 1 fully saturated rings. The van der Waals surface area contributed by atoms with Crippen LogP contribution in [0, 0.1) is 6.92 Å². The normalized spacial score (nSPS) is 29.6. The zero-order valence-corrected chi connectivity index (χ0v) is 8.67. The molecule has 0 radical (unpaired) electrons. The number of hydrogen-bond donors (Lipinski definition) is 4. The van der Waals surface area contributed by atoms with Crippen molar-refractivity contribution in [2.45, 2.75) is 25.2 Å². The zero-order valence-electron chi connectivity index (χ0n) is 8.67. The molecular formula is C10H13NO5. The Labute approximate surface area is 91.5 Å². The highest BCUT2D eigenvalue weighted by Crippen LogP contribution is 2.27. The van der Waals surface area contributed by atoms with E-state index in [1.54, 1.807) is 6.92 Å². The van der Waals surface area contributed by atoms with Crippen LogP contribution in [-0.4, -0.2) is 40.0 Å². The molecule has 4 N–H and O–H groups in total. The molecule has 0 bridgehead atoms. The molecule has 1 aromatic rings. The highest BCUT2D eigenvalue weighted by Gasteiger charge is 2.36. The maximum Gasteiger partial charge on any atom is 0.339 e. The number of rotatable bonds is 2. The standard InChI is InChI=1S/C10H13NO5/c1-4-5(10(14)15)2-7(16-4)8-9(13)6(12)3-11-8/h2,6,8-9,11-13H,3H2,1H3,(H,14,15)/t6-,8+,9-/m1/s1. The number of carbonyl (C=O) groups is 1. The van der Waals surface area contributed by atoms with Crippen LogP contribution in [0.15, 0.2) is 10.5 Å². The Kier molecular flexibility index (Phi) is 2.71. The molecule has 0 saturated carbocycles. The summed E-state index contributed by atoms with van der Waals surface area (Å²) in [6.07, 6.45) is -1.84. The van der Waals surface area contributed by atoms with Crippen molar-refractivity contribution in [1.29, 1.82) is 0 Å². The summed E-state index contributed by atoms with van der Waals surface area (Å²) in [5, 5.41) is 30.7.